The van der Waals surface area contributed by atoms with E-state index >= 15 is 0 Å². The van der Waals surface area contributed by atoms with Crippen molar-refractivity contribution < 1.29 is 37.5 Å². The van der Waals surface area contributed by atoms with Crippen LogP contribution in [-0.2, 0) is 4.74 Å². The second-order valence-electron chi connectivity index (χ2n) is 3.47. The molecule has 0 heterocycles. The van der Waals surface area contributed by atoms with Gasteiger partial charge in [0.15, 0.2) is 12.5 Å². The average molecular weight is 295 g/mol. The van der Waals surface area contributed by atoms with Crippen LogP contribution in [0.4, 0.5) is 18.9 Å². The lowest BCUT2D eigenvalue weighted by Crippen LogP contribution is -2.19. The quantitative estimate of drug-likeness (QED) is 0.374. The Morgan fingerprint density at radius 3 is 2.55 bits per heavy atom. The zero-order chi connectivity index (χ0) is 15.3. The minimum Gasteiger partial charge on any atom is -0.478 e. The second kappa shape index (κ2) is 6.19. The molecule has 0 aliphatic heterocycles. The minimum absolute atomic E-state index is 0.347. The number of carbonyl (C=O) groups is 1. The number of rotatable bonds is 6. The van der Waals surface area contributed by atoms with E-state index < -0.39 is 36.2 Å². The Morgan fingerprint density at radius 1 is 1.40 bits per heavy atom. The van der Waals surface area contributed by atoms with Crippen LogP contribution < -0.4 is 4.74 Å². The van der Waals surface area contributed by atoms with Gasteiger partial charge in [0.1, 0.15) is 6.61 Å². The van der Waals surface area contributed by atoms with Crippen molar-refractivity contribution in [3.8, 4) is 5.75 Å². The lowest BCUT2D eigenvalue weighted by atomic mass is 10.2. The zero-order valence-electron chi connectivity index (χ0n) is 9.72. The number of carboxylic acids is 1. The predicted molar refractivity (Wildman–Crippen MR) is 57.6 cm³/mol. The highest BCUT2D eigenvalue weighted by atomic mass is 19.4. The van der Waals surface area contributed by atoms with Crippen molar-refractivity contribution in [3.05, 3.63) is 33.9 Å². The first-order chi connectivity index (χ1) is 9.20. The van der Waals surface area contributed by atoms with E-state index in [1.807, 2.05) is 0 Å². The molecule has 0 aliphatic carbocycles. The normalized spacial score (nSPS) is 11.2. The van der Waals surface area contributed by atoms with Crippen LogP contribution in [0.1, 0.15) is 10.4 Å². The maximum absolute atomic E-state index is 11.8. The second-order valence-corrected chi connectivity index (χ2v) is 3.47. The summed E-state index contributed by atoms with van der Waals surface area (Å²) in [6.07, 6.45) is -4.54. The fraction of sp³-hybridized carbons (Fsp3) is 0.300. The van der Waals surface area contributed by atoms with Gasteiger partial charge in [0.2, 0.25) is 0 Å². The summed E-state index contributed by atoms with van der Waals surface area (Å²) in [5.74, 6) is -1.77. The van der Waals surface area contributed by atoms with Crippen LogP contribution in [0.25, 0.3) is 0 Å². The van der Waals surface area contributed by atoms with Crippen molar-refractivity contribution >= 4 is 11.7 Å². The smallest absolute Gasteiger partial charge is 0.411 e. The number of benzene rings is 1. The van der Waals surface area contributed by atoms with Gasteiger partial charge < -0.3 is 14.6 Å². The van der Waals surface area contributed by atoms with E-state index in [2.05, 4.69) is 9.47 Å². The summed E-state index contributed by atoms with van der Waals surface area (Å²) in [5.41, 5.74) is -1.03. The van der Waals surface area contributed by atoms with Crippen LogP contribution >= 0.6 is 0 Å². The van der Waals surface area contributed by atoms with E-state index in [1.165, 1.54) is 0 Å². The summed E-state index contributed by atoms with van der Waals surface area (Å²) in [6.45, 7) is -2.42. The van der Waals surface area contributed by atoms with Gasteiger partial charge in [-0.15, -0.1) is 0 Å². The van der Waals surface area contributed by atoms with Crippen LogP contribution in [0.15, 0.2) is 18.2 Å². The van der Waals surface area contributed by atoms with Crippen LogP contribution in [0, 0.1) is 10.1 Å². The van der Waals surface area contributed by atoms with Gasteiger partial charge in [-0.05, 0) is 12.1 Å². The molecule has 0 bridgehead atoms. The third-order valence-corrected chi connectivity index (χ3v) is 1.97. The molecule has 0 fully saturated rings. The number of halogens is 3. The number of hydrogen-bond donors (Lipinski definition) is 1. The van der Waals surface area contributed by atoms with Gasteiger partial charge in [-0.2, -0.15) is 13.2 Å². The standard InChI is InChI=1S/C10H8F3NO6/c11-10(12,13)4-19-5-20-8-2-1-6(9(15)16)3-7(8)14(17)18/h1-3H,4-5H2,(H,15,16). The molecule has 0 unspecified atom stereocenters. The molecule has 0 saturated carbocycles. The molecule has 0 radical (unpaired) electrons. The first kappa shape index (κ1) is 15.7. The number of carboxylic acid groups (broad SMARTS) is 1. The topological polar surface area (TPSA) is 98.9 Å². The highest BCUT2D eigenvalue weighted by molar-refractivity contribution is 5.88. The van der Waals surface area contributed by atoms with Crippen molar-refractivity contribution in [2.24, 2.45) is 0 Å². The Hall–Kier alpha value is -2.36. The fourth-order valence-corrected chi connectivity index (χ4v) is 1.18. The summed E-state index contributed by atoms with van der Waals surface area (Å²) >= 11 is 0. The highest BCUT2D eigenvalue weighted by Gasteiger charge is 2.27. The summed E-state index contributed by atoms with van der Waals surface area (Å²) < 4.78 is 44.1. The van der Waals surface area contributed by atoms with Crippen LogP contribution in [-0.4, -0.2) is 35.6 Å². The molecule has 0 saturated heterocycles. The monoisotopic (exact) mass is 295 g/mol. The van der Waals surface area contributed by atoms with Crippen LogP contribution in [0.2, 0.25) is 0 Å². The molecule has 110 valence electrons. The van der Waals surface area contributed by atoms with Gasteiger partial charge in [-0.3, -0.25) is 10.1 Å². The van der Waals surface area contributed by atoms with E-state index in [4.69, 9.17) is 5.11 Å². The lowest BCUT2D eigenvalue weighted by Gasteiger charge is -2.09. The molecular weight excluding hydrogens is 287 g/mol. The number of nitro groups is 1. The summed E-state index contributed by atoms with van der Waals surface area (Å²) in [4.78, 5) is 20.4. The van der Waals surface area contributed by atoms with E-state index in [0.717, 1.165) is 18.2 Å². The Labute approximate surface area is 109 Å². The Kier molecular flexibility index (Phi) is 4.86. The van der Waals surface area contributed by atoms with Crippen molar-refractivity contribution in [3.63, 3.8) is 0 Å². The Bertz CT molecular complexity index is 516. The number of hydrogen-bond acceptors (Lipinski definition) is 5. The Morgan fingerprint density at radius 2 is 2.05 bits per heavy atom. The van der Waals surface area contributed by atoms with Gasteiger partial charge >= 0.3 is 17.8 Å². The summed E-state index contributed by atoms with van der Waals surface area (Å²) in [7, 11) is 0. The molecule has 10 heteroatoms. The third-order valence-electron chi connectivity index (χ3n) is 1.97. The van der Waals surface area contributed by atoms with E-state index in [0.29, 0.717) is 0 Å². The van der Waals surface area contributed by atoms with Crippen LogP contribution in [0.5, 0.6) is 5.75 Å². The molecule has 1 N–H and O–H groups in total. The number of aromatic carboxylic acids is 1. The summed E-state index contributed by atoms with van der Waals surface area (Å²) in [5, 5.41) is 19.4. The SMILES string of the molecule is O=C(O)c1ccc(OCOCC(F)(F)F)c([N+](=O)[O-])c1. The van der Waals surface area contributed by atoms with Gasteiger partial charge in [0, 0.05) is 6.07 Å². The largest absolute Gasteiger partial charge is 0.478 e. The molecular formula is C10H8F3NO6. The molecule has 20 heavy (non-hydrogen) atoms. The molecule has 1 rings (SSSR count). The minimum atomic E-state index is -4.54. The maximum atomic E-state index is 11.8. The molecule has 1 aromatic rings. The van der Waals surface area contributed by atoms with Crippen molar-refractivity contribution in [1.29, 1.82) is 0 Å². The molecule has 0 aromatic heterocycles. The van der Waals surface area contributed by atoms with Crippen molar-refractivity contribution in [2.45, 2.75) is 6.18 Å². The van der Waals surface area contributed by atoms with Crippen molar-refractivity contribution in [2.75, 3.05) is 13.4 Å². The number of alkyl halides is 3. The highest BCUT2D eigenvalue weighted by Crippen LogP contribution is 2.28. The third kappa shape index (κ3) is 4.72. The molecule has 0 aliphatic rings. The maximum Gasteiger partial charge on any atom is 0.411 e. The molecule has 0 amide bonds. The number of ether oxygens (including phenoxy) is 2. The van der Waals surface area contributed by atoms with Crippen LogP contribution in [0.3, 0.4) is 0 Å². The van der Waals surface area contributed by atoms with E-state index in [9.17, 15) is 28.1 Å². The van der Waals surface area contributed by atoms with Gasteiger partial charge in [-0.25, -0.2) is 4.79 Å². The fourth-order valence-electron chi connectivity index (χ4n) is 1.18. The predicted octanol–water partition coefficient (Wildman–Crippen LogP) is 2.21. The first-order valence-corrected chi connectivity index (χ1v) is 5.00. The molecule has 1 aromatic carbocycles. The van der Waals surface area contributed by atoms with E-state index in [-0.39, 0.29) is 11.3 Å². The molecule has 7 nitrogen and oxygen atoms in total. The molecule has 0 spiro atoms. The molecule has 0 atom stereocenters. The number of nitro benzene ring substituents is 1. The zero-order valence-corrected chi connectivity index (χ0v) is 9.72. The van der Waals surface area contributed by atoms with Gasteiger partial charge in [0.05, 0.1) is 10.5 Å². The van der Waals surface area contributed by atoms with E-state index in [1.54, 1.807) is 0 Å². The first-order valence-electron chi connectivity index (χ1n) is 5.00. The average Bonchev–Trinajstić information content (AvgIpc) is 2.33. The van der Waals surface area contributed by atoms with Crippen molar-refractivity contribution in [1.82, 2.24) is 0 Å². The summed E-state index contributed by atoms with van der Waals surface area (Å²) in [6, 6.07) is 2.73. The Balaban J connectivity index is 2.75. The lowest BCUT2D eigenvalue weighted by molar-refractivity contribution is -0.386. The number of nitrogens with zero attached hydrogens (tertiary/aromatic N) is 1. The van der Waals surface area contributed by atoms with Gasteiger partial charge in [0.25, 0.3) is 0 Å². The van der Waals surface area contributed by atoms with Gasteiger partial charge in [-0.1, -0.05) is 0 Å².